The highest BCUT2D eigenvalue weighted by atomic mass is 35.5. The average molecular weight is 189 g/mol. The minimum Gasteiger partial charge on any atom is -0.126 e. The van der Waals surface area contributed by atoms with Crippen molar-refractivity contribution in [3.05, 3.63) is 0 Å². The Bertz CT molecular complexity index is 125. The predicted octanol–water partition coefficient (Wildman–Crippen LogP) is 4.22. The monoisotopic (exact) mass is 188 g/mol. The third kappa shape index (κ3) is 1.96. The van der Waals surface area contributed by atoms with E-state index in [0.29, 0.717) is 5.41 Å². The summed E-state index contributed by atoms with van der Waals surface area (Å²) in [5.41, 5.74) is 0.511. The Morgan fingerprint density at radius 1 is 1.33 bits per heavy atom. The Kier molecular flexibility index (Phi) is 3.89. The molecule has 1 saturated carbocycles. The van der Waals surface area contributed by atoms with Gasteiger partial charge < -0.3 is 0 Å². The average Bonchev–Trinajstić information content (AvgIpc) is 2.54. The van der Waals surface area contributed by atoms with E-state index in [0.717, 1.165) is 11.8 Å². The fourth-order valence-electron chi connectivity index (χ4n) is 2.58. The first-order valence-electron chi connectivity index (χ1n) is 5.31. The minimum absolute atomic E-state index is 0.511. The van der Waals surface area contributed by atoms with Gasteiger partial charge >= 0.3 is 0 Å². The molecule has 1 atom stereocenters. The topological polar surface area (TPSA) is 0 Å². The van der Waals surface area contributed by atoms with Gasteiger partial charge in [0.2, 0.25) is 0 Å². The van der Waals surface area contributed by atoms with Crippen molar-refractivity contribution in [1.82, 2.24) is 0 Å². The van der Waals surface area contributed by atoms with Gasteiger partial charge in [0.1, 0.15) is 0 Å². The third-order valence-electron chi connectivity index (χ3n) is 3.63. The first-order chi connectivity index (χ1) is 5.75. The van der Waals surface area contributed by atoms with Crippen molar-refractivity contribution in [2.24, 2.45) is 11.3 Å². The lowest BCUT2D eigenvalue weighted by molar-refractivity contribution is 0.202. The molecule has 1 aliphatic rings. The fourth-order valence-corrected chi connectivity index (χ4v) is 3.11. The molecule has 0 aromatic carbocycles. The van der Waals surface area contributed by atoms with E-state index in [1.807, 2.05) is 0 Å². The lowest BCUT2D eigenvalue weighted by atomic mass is 9.74. The second-order valence-corrected chi connectivity index (χ2v) is 4.66. The van der Waals surface area contributed by atoms with Gasteiger partial charge in [0.25, 0.3) is 0 Å². The Balaban J connectivity index is 2.52. The highest BCUT2D eigenvalue weighted by Crippen LogP contribution is 2.46. The fraction of sp³-hybridized carbons (Fsp3) is 1.00. The summed E-state index contributed by atoms with van der Waals surface area (Å²) >= 11 is 6.10. The quantitative estimate of drug-likeness (QED) is 0.580. The van der Waals surface area contributed by atoms with Crippen LogP contribution < -0.4 is 0 Å². The molecule has 12 heavy (non-hydrogen) atoms. The molecular weight excluding hydrogens is 168 g/mol. The van der Waals surface area contributed by atoms with Crippen molar-refractivity contribution in [2.75, 3.05) is 5.88 Å². The Morgan fingerprint density at radius 2 is 1.92 bits per heavy atom. The molecule has 0 amide bonds. The smallest absolute Gasteiger partial charge is 0.0282 e. The van der Waals surface area contributed by atoms with Gasteiger partial charge in [0.15, 0.2) is 0 Å². The largest absolute Gasteiger partial charge is 0.126 e. The van der Waals surface area contributed by atoms with E-state index in [4.69, 9.17) is 11.6 Å². The van der Waals surface area contributed by atoms with Crippen LogP contribution in [-0.2, 0) is 0 Å². The minimum atomic E-state index is 0.511. The number of halogens is 1. The van der Waals surface area contributed by atoms with Gasteiger partial charge in [-0.2, -0.15) is 0 Å². The van der Waals surface area contributed by atoms with Crippen LogP contribution in [0.4, 0.5) is 0 Å². The zero-order valence-corrected chi connectivity index (χ0v) is 9.16. The summed E-state index contributed by atoms with van der Waals surface area (Å²) in [5.74, 6) is 1.72. The second kappa shape index (κ2) is 4.50. The number of rotatable bonds is 4. The molecule has 0 aromatic heterocycles. The molecule has 1 rings (SSSR count). The molecule has 72 valence electrons. The van der Waals surface area contributed by atoms with Crippen LogP contribution in [0.3, 0.4) is 0 Å². The van der Waals surface area contributed by atoms with E-state index in [2.05, 4.69) is 13.8 Å². The van der Waals surface area contributed by atoms with Crippen molar-refractivity contribution in [3.63, 3.8) is 0 Å². The molecule has 1 heteroatoms. The molecule has 0 nitrogen and oxygen atoms in total. The molecule has 0 bridgehead atoms. The maximum atomic E-state index is 6.10. The van der Waals surface area contributed by atoms with Gasteiger partial charge in [-0.15, -0.1) is 11.6 Å². The van der Waals surface area contributed by atoms with Crippen LogP contribution in [0.15, 0.2) is 0 Å². The summed E-state index contributed by atoms with van der Waals surface area (Å²) in [6, 6.07) is 0. The normalized spacial score (nSPS) is 24.2. The van der Waals surface area contributed by atoms with Gasteiger partial charge in [0.05, 0.1) is 0 Å². The molecule has 1 unspecified atom stereocenters. The Hall–Kier alpha value is 0.290. The molecule has 0 N–H and O–H groups in total. The highest BCUT2D eigenvalue weighted by Gasteiger charge is 2.37. The lowest BCUT2D eigenvalue weighted by Gasteiger charge is -2.33. The van der Waals surface area contributed by atoms with Gasteiger partial charge in [-0.25, -0.2) is 0 Å². The number of hydrogen-bond donors (Lipinski definition) is 0. The maximum absolute atomic E-state index is 6.10. The summed E-state index contributed by atoms with van der Waals surface area (Å²) in [6.07, 6.45) is 8.21. The van der Waals surface area contributed by atoms with Crippen molar-refractivity contribution < 1.29 is 0 Å². The molecule has 0 aromatic rings. The molecule has 0 aliphatic heterocycles. The van der Waals surface area contributed by atoms with Crippen molar-refractivity contribution >= 4 is 11.6 Å². The molecule has 0 heterocycles. The van der Waals surface area contributed by atoms with E-state index < -0.39 is 0 Å². The predicted molar refractivity (Wildman–Crippen MR) is 55.7 cm³/mol. The number of alkyl halides is 1. The molecular formula is C11H21Cl. The Morgan fingerprint density at radius 3 is 2.33 bits per heavy atom. The maximum Gasteiger partial charge on any atom is 0.0282 e. The zero-order valence-electron chi connectivity index (χ0n) is 8.41. The van der Waals surface area contributed by atoms with E-state index in [9.17, 15) is 0 Å². The molecule has 0 saturated heterocycles. The van der Waals surface area contributed by atoms with Crippen molar-refractivity contribution in [3.8, 4) is 0 Å². The van der Waals surface area contributed by atoms with Gasteiger partial charge in [-0.3, -0.25) is 0 Å². The van der Waals surface area contributed by atoms with E-state index in [1.54, 1.807) is 0 Å². The third-order valence-corrected chi connectivity index (χ3v) is 4.16. The summed E-state index contributed by atoms with van der Waals surface area (Å²) in [7, 11) is 0. The van der Waals surface area contributed by atoms with E-state index in [-0.39, 0.29) is 0 Å². The van der Waals surface area contributed by atoms with Gasteiger partial charge in [-0.1, -0.05) is 39.5 Å². The van der Waals surface area contributed by atoms with Gasteiger partial charge in [-0.05, 0) is 24.2 Å². The van der Waals surface area contributed by atoms with Crippen LogP contribution in [0.5, 0.6) is 0 Å². The van der Waals surface area contributed by atoms with Crippen LogP contribution in [0.25, 0.3) is 0 Å². The molecule has 1 fully saturated rings. The van der Waals surface area contributed by atoms with Gasteiger partial charge in [0, 0.05) is 5.88 Å². The first-order valence-corrected chi connectivity index (χ1v) is 5.84. The van der Waals surface area contributed by atoms with Crippen LogP contribution in [0.1, 0.15) is 52.4 Å². The van der Waals surface area contributed by atoms with Crippen LogP contribution >= 0.6 is 11.6 Å². The summed E-state index contributed by atoms with van der Waals surface area (Å²) in [4.78, 5) is 0. The SMILES string of the molecule is CCCC(C)C1(CCl)CCCC1. The zero-order chi connectivity index (χ0) is 9.03. The first kappa shape index (κ1) is 10.4. The molecule has 0 radical (unpaired) electrons. The summed E-state index contributed by atoms with van der Waals surface area (Å²) in [5, 5.41) is 0. The van der Waals surface area contributed by atoms with Crippen LogP contribution in [0.2, 0.25) is 0 Å². The lowest BCUT2D eigenvalue weighted by Crippen LogP contribution is -2.27. The summed E-state index contributed by atoms with van der Waals surface area (Å²) in [6.45, 7) is 4.66. The standard InChI is InChI=1S/C11H21Cl/c1-3-6-10(2)11(9-12)7-4-5-8-11/h10H,3-9H2,1-2H3. The summed E-state index contributed by atoms with van der Waals surface area (Å²) < 4.78 is 0. The van der Waals surface area contributed by atoms with E-state index >= 15 is 0 Å². The van der Waals surface area contributed by atoms with Crippen LogP contribution in [-0.4, -0.2) is 5.88 Å². The highest BCUT2D eigenvalue weighted by molar-refractivity contribution is 6.18. The van der Waals surface area contributed by atoms with Crippen LogP contribution in [0, 0.1) is 11.3 Å². The van der Waals surface area contributed by atoms with E-state index in [1.165, 1.54) is 38.5 Å². The number of hydrogen-bond acceptors (Lipinski definition) is 0. The molecule has 1 aliphatic carbocycles. The van der Waals surface area contributed by atoms with Crippen molar-refractivity contribution in [1.29, 1.82) is 0 Å². The second-order valence-electron chi connectivity index (χ2n) is 4.39. The molecule has 0 spiro atoms. The van der Waals surface area contributed by atoms with Crippen molar-refractivity contribution in [2.45, 2.75) is 52.4 Å². The Labute approximate surface area is 81.7 Å².